The van der Waals surface area contributed by atoms with Crippen LogP contribution in [0, 0.1) is 5.82 Å². The Labute approximate surface area is 97.3 Å². The van der Waals surface area contributed by atoms with Gasteiger partial charge in [-0.3, -0.25) is 4.90 Å². The van der Waals surface area contributed by atoms with Gasteiger partial charge in [-0.15, -0.1) is 0 Å². The van der Waals surface area contributed by atoms with Gasteiger partial charge in [0.1, 0.15) is 5.82 Å². The first-order valence-corrected chi connectivity index (χ1v) is 6.19. The number of hydrogen-bond acceptors (Lipinski definition) is 1. The van der Waals surface area contributed by atoms with Gasteiger partial charge in [-0.2, -0.15) is 0 Å². The molecule has 0 spiro atoms. The quantitative estimate of drug-likeness (QED) is 0.735. The molecule has 1 heterocycles. The third kappa shape index (κ3) is 2.43. The van der Waals surface area contributed by atoms with Gasteiger partial charge < -0.3 is 0 Å². The van der Waals surface area contributed by atoms with Crippen molar-refractivity contribution in [2.45, 2.75) is 45.2 Å². The maximum Gasteiger partial charge on any atom is 0.123 e. The minimum Gasteiger partial charge on any atom is -0.294 e. The van der Waals surface area contributed by atoms with Crippen LogP contribution in [0.3, 0.4) is 0 Å². The van der Waals surface area contributed by atoms with Gasteiger partial charge in [0, 0.05) is 12.1 Å². The number of hydrogen-bond donors (Lipinski definition) is 0. The smallest absolute Gasteiger partial charge is 0.123 e. The van der Waals surface area contributed by atoms with Crippen molar-refractivity contribution >= 4 is 0 Å². The van der Waals surface area contributed by atoms with E-state index in [1.54, 1.807) is 6.07 Å². The molecule has 1 aromatic carbocycles. The molecule has 1 nitrogen and oxygen atoms in total. The molecule has 0 N–H and O–H groups in total. The molecule has 1 aliphatic heterocycles. The Bertz CT molecular complexity index is 348. The van der Waals surface area contributed by atoms with Crippen LogP contribution < -0.4 is 0 Å². The summed E-state index contributed by atoms with van der Waals surface area (Å²) in [5.74, 6) is -0.119. The molecule has 1 aromatic rings. The Morgan fingerprint density at radius 1 is 1.31 bits per heavy atom. The van der Waals surface area contributed by atoms with Crippen molar-refractivity contribution in [3.63, 3.8) is 0 Å². The zero-order valence-corrected chi connectivity index (χ0v) is 10.1. The van der Waals surface area contributed by atoms with E-state index in [4.69, 9.17) is 0 Å². The highest BCUT2D eigenvalue weighted by molar-refractivity contribution is 5.20. The molecular formula is C14H20FN. The van der Waals surface area contributed by atoms with Gasteiger partial charge in [-0.25, -0.2) is 4.39 Å². The third-order valence-corrected chi connectivity index (χ3v) is 3.44. The van der Waals surface area contributed by atoms with Crippen molar-refractivity contribution in [1.82, 2.24) is 4.90 Å². The first kappa shape index (κ1) is 11.6. The van der Waals surface area contributed by atoms with Crippen molar-refractivity contribution in [2.75, 3.05) is 6.54 Å². The first-order valence-electron chi connectivity index (χ1n) is 6.19. The largest absolute Gasteiger partial charge is 0.294 e. The van der Waals surface area contributed by atoms with Gasteiger partial charge in [0.2, 0.25) is 0 Å². The zero-order valence-electron chi connectivity index (χ0n) is 10.1. The van der Waals surface area contributed by atoms with E-state index in [1.165, 1.54) is 18.9 Å². The van der Waals surface area contributed by atoms with Crippen LogP contribution in [-0.4, -0.2) is 17.5 Å². The highest BCUT2D eigenvalue weighted by atomic mass is 19.1. The van der Waals surface area contributed by atoms with Gasteiger partial charge in [0.05, 0.1) is 0 Å². The normalized spacial score (nSPS) is 22.6. The van der Waals surface area contributed by atoms with E-state index in [9.17, 15) is 4.39 Å². The Morgan fingerprint density at radius 2 is 2.12 bits per heavy atom. The summed E-state index contributed by atoms with van der Waals surface area (Å²) in [6.45, 7) is 5.58. The molecule has 88 valence electrons. The van der Waals surface area contributed by atoms with E-state index in [0.29, 0.717) is 12.1 Å². The van der Waals surface area contributed by atoms with E-state index < -0.39 is 0 Å². The standard InChI is InChI=1S/C14H20FN/c1-11(2)16-9-4-3-8-14(16)12-6-5-7-13(15)10-12/h5-7,10-11,14H,3-4,8-9H2,1-2H3. The highest BCUT2D eigenvalue weighted by Crippen LogP contribution is 2.32. The van der Waals surface area contributed by atoms with Crippen molar-refractivity contribution in [2.24, 2.45) is 0 Å². The van der Waals surface area contributed by atoms with E-state index in [-0.39, 0.29) is 5.82 Å². The van der Waals surface area contributed by atoms with Crippen molar-refractivity contribution in [3.05, 3.63) is 35.6 Å². The zero-order chi connectivity index (χ0) is 11.5. The summed E-state index contributed by atoms with van der Waals surface area (Å²) >= 11 is 0. The molecule has 1 atom stereocenters. The van der Waals surface area contributed by atoms with Crippen LogP contribution in [0.2, 0.25) is 0 Å². The maximum atomic E-state index is 13.2. The summed E-state index contributed by atoms with van der Waals surface area (Å²) in [5.41, 5.74) is 1.13. The van der Waals surface area contributed by atoms with Crippen molar-refractivity contribution in [1.29, 1.82) is 0 Å². The molecule has 1 fully saturated rings. The van der Waals surface area contributed by atoms with Crippen molar-refractivity contribution < 1.29 is 4.39 Å². The lowest BCUT2D eigenvalue weighted by Gasteiger charge is -2.39. The highest BCUT2D eigenvalue weighted by Gasteiger charge is 2.25. The van der Waals surface area contributed by atoms with Gasteiger partial charge in [-0.05, 0) is 50.9 Å². The summed E-state index contributed by atoms with van der Waals surface area (Å²) < 4.78 is 13.2. The molecule has 0 amide bonds. The summed E-state index contributed by atoms with van der Waals surface area (Å²) in [4.78, 5) is 2.48. The number of nitrogens with zero attached hydrogens (tertiary/aromatic N) is 1. The fraction of sp³-hybridized carbons (Fsp3) is 0.571. The maximum absolute atomic E-state index is 13.2. The summed E-state index contributed by atoms with van der Waals surface area (Å²) in [5, 5.41) is 0. The first-order chi connectivity index (χ1) is 7.68. The molecule has 0 aromatic heterocycles. The van der Waals surface area contributed by atoms with Gasteiger partial charge >= 0.3 is 0 Å². The molecule has 1 unspecified atom stereocenters. The fourth-order valence-electron chi connectivity index (χ4n) is 2.64. The molecular weight excluding hydrogens is 201 g/mol. The summed E-state index contributed by atoms with van der Waals surface area (Å²) in [6.07, 6.45) is 3.68. The van der Waals surface area contributed by atoms with Crippen LogP contribution in [0.1, 0.15) is 44.7 Å². The van der Waals surface area contributed by atoms with Crippen LogP contribution in [0.5, 0.6) is 0 Å². The van der Waals surface area contributed by atoms with Crippen molar-refractivity contribution in [3.8, 4) is 0 Å². The lowest BCUT2D eigenvalue weighted by Crippen LogP contribution is -2.38. The topological polar surface area (TPSA) is 3.24 Å². The number of piperidine rings is 1. The van der Waals surface area contributed by atoms with E-state index in [1.807, 2.05) is 6.07 Å². The summed E-state index contributed by atoms with van der Waals surface area (Å²) in [7, 11) is 0. The number of likely N-dealkylation sites (tertiary alicyclic amines) is 1. The Kier molecular flexibility index (Phi) is 3.59. The minimum absolute atomic E-state index is 0.119. The average molecular weight is 221 g/mol. The lowest BCUT2D eigenvalue weighted by atomic mass is 9.94. The third-order valence-electron chi connectivity index (χ3n) is 3.44. The molecule has 0 saturated carbocycles. The van der Waals surface area contributed by atoms with Gasteiger partial charge in [-0.1, -0.05) is 18.6 Å². The van der Waals surface area contributed by atoms with E-state index >= 15 is 0 Å². The molecule has 0 bridgehead atoms. The van der Waals surface area contributed by atoms with E-state index in [0.717, 1.165) is 18.5 Å². The molecule has 1 aliphatic rings. The van der Waals surface area contributed by atoms with Crippen LogP contribution in [0.25, 0.3) is 0 Å². The van der Waals surface area contributed by atoms with Crippen LogP contribution >= 0.6 is 0 Å². The number of benzene rings is 1. The van der Waals surface area contributed by atoms with Crippen LogP contribution in [-0.2, 0) is 0 Å². The second-order valence-corrected chi connectivity index (χ2v) is 4.90. The van der Waals surface area contributed by atoms with Crippen LogP contribution in [0.15, 0.2) is 24.3 Å². The second kappa shape index (κ2) is 4.96. The second-order valence-electron chi connectivity index (χ2n) is 4.90. The molecule has 1 saturated heterocycles. The molecule has 0 aliphatic carbocycles. The SMILES string of the molecule is CC(C)N1CCCCC1c1cccc(F)c1. The Morgan fingerprint density at radius 3 is 2.81 bits per heavy atom. The number of halogens is 1. The fourth-order valence-corrected chi connectivity index (χ4v) is 2.64. The van der Waals surface area contributed by atoms with Gasteiger partial charge in [0.25, 0.3) is 0 Å². The van der Waals surface area contributed by atoms with Gasteiger partial charge in [0.15, 0.2) is 0 Å². The lowest BCUT2D eigenvalue weighted by molar-refractivity contribution is 0.112. The summed E-state index contributed by atoms with van der Waals surface area (Å²) in [6, 6.07) is 8.02. The molecule has 2 heteroatoms. The van der Waals surface area contributed by atoms with E-state index in [2.05, 4.69) is 24.8 Å². The molecule has 2 rings (SSSR count). The molecule has 16 heavy (non-hydrogen) atoms. The number of rotatable bonds is 2. The Hall–Kier alpha value is -0.890. The predicted molar refractivity (Wildman–Crippen MR) is 64.8 cm³/mol. The average Bonchev–Trinajstić information content (AvgIpc) is 2.29. The molecule has 0 radical (unpaired) electrons. The minimum atomic E-state index is -0.119. The predicted octanol–water partition coefficient (Wildman–Crippen LogP) is 3.76. The van der Waals surface area contributed by atoms with Crippen LogP contribution in [0.4, 0.5) is 4.39 Å². The Balaban J connectivity index is 2.23. The monoisotopic (exact) mass is 221 g/mol.